The summed E-state index contributed by atoms with van der Waals surface area (Å²) in [6.45, 7) is 0. The summed E-state index contributed by atoms with van der Waals surface area (Å²) in [5, 5.41) is 9.67. The van der Waals surface area contributed by atoms with E-state index in [4.69, 9.17) is 16.7 Å². The van der Waals surface area contributed by atoms with Gasteiger partial charge in [-0.15, -0.1) is 11.8 Å². The molecule has 4 nitrogen and oxygen atoms in total. The van der Waals surface area contributed by atoms with E-state index in [1.54, 1.807) is 12.1 Å². The fourth-order valence-corrected chi connectivity index (χ4v) is 2.32. The zero-order valence-corrected chi connectivity index (χ0v) is 10.8. The molecule has 1 aromatic heterocycles. The molecule has 0 unspecified atom stereocenters. The van der Waals surface area contributed by atoms with E-state index in [1.165, 1.54) is 24.3 Å². The Labute approximate surface area is 113 Å². The maximum absolute atomic E-state index is 11.0. The molecule has 1 heterocycles. The van der Waals surface area contributed by atoms with Gasteiger partial charge >= 0.3 is 5.97 Å². The molecule has 0 atom stereocenters. The van der Waals surface area contributed by atoms with Gasteiger partial charge in [-0.1, -0.05) is 11.6 Å². The second-order valence-electron chi connectivity index (χ2n) is 3.43. The summed E-state index contributed by atoms with van der Waals surface area (Å²) in [7, 11) is 0. The van der Waals surface area contributed by atoms with E-state index >= 15 is 0 Å². The second kappa shape index (κ2) is 5.84. The monoisotopic (exact) mass is 280 g/mol. The van der Waals surface area contributed by atoms with E-state index in [2.05, 4.69) is 9.97 Å². The lowest BCUT2D eigenvalue weighted by atomic mass is 10.2. The quantitative estimate of drug-likeness (QED) is 0.872. The summed E-state index contributed by atoms with van der Waals surface area (Å²) < 4.78 is 0. The number of nitrogens with zero attached hydrogens (tertiary/aromatic N) is 2. The van der Waals surface area contributed by atoms with Crippen LogP contribution in [0.1, 0.15) is 16.1 Å². The van der Waals surface area contributed by atoms with Crippen molar-refractivity contribution >= 4 is 29.3 Å². The Balaban J connectivity index is 2.10. The molecule has 0 saturated carbocycles. The topological polar surface area (TPSA) is 63.1 Å². The van der Waals surface area contributed by atoms with E-state index in [1.807, 2.05) is 12.1 Å². The number of thioether (sulfide) groups is 1. The zero-order valence-electron chi connectivity index (χ0n) is 9.21. The summed E-state index contributed by atoms with van der Waals surface area (Å²) in [6, 6.07) is 7.35. The Morgan fingerprint density at radius 1 is 1.33 bits per heavy atom. The van der Waals surface area contributed by atoms with Crippen LogP contribution in [0.3, 0.4) is 0 Å². The predicted octanol–water partition coefficient (Wildman–Crippen LogP) is 3.12. The van der Waals surface area contributed by atoms with Gasteiger partial charge in [0.1, 0.15) is 11.9 Å². The van der Waals surface area contributed by atoms with Crippen molar-refractivity contribution in [2.75, 3.05) is 0 Å². The summed E-state index contributed by atoms with van der Waals surface area (Å²) in [5.41, 5.74) is 0.649. The summed E-state index contributed by atoms with van der Waals surface area (Å²) >= 11 is 7.29. The number of hydrogen-bond donors (Lipinski definition) is 1. The Bertz CT molecular complexity index is 560. The number of aromatic nitrogens is 2. The van der Waals surface area contributed by atoms with Gasteiger partial charge in [-0.05, 0) is 24.3 Å². The van der Waals surface area contributed by atoms with Crippen molar-refractivity contribution in [3.05, 3.63) is 53.1 Å². The number of aromatic carboxylic acids is 1. The number of hydrogen-bond acceptors (Lipinski definition) is 4. The van der Waals surface area contributed by atoms with Gasteiger partial charge in [-0.2, -0.15) is 0 Å². The van der Waals surface area contributed by atoms with Crippen molar-refractivity contribution in [3.63, 3.8) is 0 Å². The van der Waals surface area contributed by atoms with Crippen molar-refractivity contribution in [1.82, 2.24) is 9.97 Å². The van der Waals surface area contributed by atoms with Crippen molar-refractivity contribution < 1.29 is 9.90 Å². The molecule has 0 fully saturated rings. The van der Waals surface area contributed by atoms with Crippen molar-refractivity contribution in [2.24, 2.45) is 0 Å². The number of rotatable bonds is 4. The number of carboxylic acid groups (broad SMARTS) is 1. The van der Waals surface area contributed by atoms with E-state index < -0.39 is 5.97 Å². The minimum absolute atomic E-state index is 0.138. The number of benzene rings is 1. The molecule has 0 aliphatic carbocycles. The van der Waals surface area contributed by atoms with Gasteiger partial charge in [0.15, 0.2) is 0 Å². The highest BCUT2D eigenvalue weighted by atomic mass is 35.5. The first-order valence-corrected chi connectivity index (χ1v) is 6.43. The van der Waals surface area contributed by atoms with Crippen molar-refractivity contribution in [3.8, 4) is 0 Å². The van der Waals surface area contributed by atoms with Crippen LogP contribution < -0.4 is 0 Å². The lowest BCUT2D eigenvalue weighted by molar-refractivity contribution is 0.0695. The average Bonchev–Trinajstić information content (AvgIpc) is 2.38. The van der Waals surface area contributed by atoms with Crippen molar-refractivity contribution in [2.45, 2.75) is 10.6 Å². The molecule has 0 aliphatic heterocycles. The van der Waals surface area contributed by atoms with E-state index in [9.17, 15) is 4.79 Å². The molecule has 2 aromatic rings. The number of carbonyl (C=O) groups is 1. The van der Waals surface area contributed by atoms with E-state index in [0.29, 0.717) is 16.5 Å². The van der Waals surface area contributed by atoms with Gasteiger partial charge in [-0.25, -0.2) is 14.8 Å². The minimum atomic E-state index is -1.01. The fraction of sp³-hybridized carbons (Fsp3) is 0.0833. The second-order valence-corrected chi connectivity index (χ2v) is 4.92. The minimum Gasteiger partial charge on any atom is -0.478 e. The average molecular weight is 281 g/mol. The highest BCUT2D eigenvalue weighted by molar-refractivity contribution is 7.98. The van der Waals surface area contributed by atoms with Crippen LogP contribution in [0.15, 0.2) is 41.7 Å². The fourth-order valence-electron chi connectivity index (χ4n) is 1.33. The molecule has 0 saturated heterocycles. The highest BCUT2D eigenvalue weighted by Gasteiger charge is 2.11. The third-order valence-corrected chi connectivity index (χ3v) is 3.49. The smallest absolute Gasteiger partial charge is 0.339 e. The number of halogens is 1. The Morgan fingerprint density at radius 3 is 2.72 bits per heavy atom. The summed E-state index contributed by atoms with van der Waals surface area (Å²) in [6.07, 6.45) is 2.66. The van der Waals surface area contributed by atoms with Gasteiger partial charge in [0.25, 0.3) is 0 Å². The van der Waals surface area contributed by atoms with Gasteiger partial charge in [0, 0.05) is 21.9 Å². The molecule has 2 rings (SSSR count). The Hall–Kier alpha value is -1.59. The molecule has 0 amide bonds. The van der Waals surface area contributed by atoms with Crippen LogP contribution in [0.5, 0.6) is 0 Å². The lowest BCUT2D eigenvalue weighted by Crippen LogP contribution is -2.04. The van der Waals surface area contributed by atoms with Crippen LogP contribution in [-0.2, 0) is 5.75 Å². The van der Waals surface area contributed by atoms with E-state index in [-0.39, 0.29) is 5.56 Å². The summed E-state index contributed by atoms with van der Waals surface area (Å²) in [5.74, 6) is -0.534. The molecule has 18 heavy (non-hydrogen) atoms. The molecular weight excluding hydrogens is 272 g/mol. The molecule has 0 spiro atoms. The Morgan fingerprint density at radius 2 is 2.06 bits per heavy atom. The summed E-state index contributed by atoms with van der Waals surface area (Å²) in [4.78, 5) is 19.7. The SMILES string of the molecule is O=C(O)c1cncnc1CSc1ccc(Cl)cc1. The van der Waals surface area contributed by atoms with Gasteiger partial charge < -0.3 is 5.11 Å². The third-order valence-electron chi connectivity index (χ3n) is 2.21. The molecule has 6 heteroatoms. The lowest BCUT2D eigenvalue weighted by Gasteiger charge is -2.04. The molecule has 1 aromatic carbocycles. The van der Waals surface area contributed by atoms with Crippen LogP contribution in [0, 0.1) is 0 Å². The van der Waals surface area contributed by atoms with Crippen LogP contribution in [-0.4, -0.2) is 21.0 Å². The first-order valence-electron chi connectivity index (χ1n) is 5.07. The van der Waals surface area contributed by atoms with Crippen LogP contribution in [0.25, 0.3) is 0 Å². The highest BCUT2D eigenvalue weighted by Crippen LogP contribution is 2.24. The molecular formula is C12H9ClN2O2S. The first-order chi connectivity index (χ1) is 8.66. The molecule has 0 aliphatic rings. The Kier molecular flexibility index (Phi) is 4.17. The van der Waals surface area contributed by atoms with Crippen molar-refractivity contribution in [1.29, 1.82) is 0 Å². The van der Waals surface area contributed by atoms with Gasteiger partial charge in [0.05, 0.1) is 5.69 Å². The molecule has 0 bridgehead atoms. The molecule has 0 radical (unpaired) electrons. The molecule has 1 N–H and O–H groups in total. The standard InChI is InChI=1S/C12H9ClN2O2S/c13-8-1-3-9(4-2-8)18-6-11-10(12(16)17)5-14-7-15-11/h1-5,7H,6H2,(H,16,17). The van der Waals surface area contributed by atoms with Gasteiger partial charge in [-0.3, -0.25) is 0 Å². The largest absolute Gasteiger partial charge is 0.478 e. The maximum atomic E-state index is 11.0. The van der Waals surface area contributed by atoms with Gasteiger partial charge in [0.2, 0.25) is 0 Å². The zero-order chi connectivity index (χ0) is 13.0. The molecule has 92 valence electrons. The van der Waals surface area contributed by atoms with E-state index in [0.717, 1.165) is 4.90 Å². The normalized spacial score (nSPS) is 10.3. The predicted molar refractivity (Wildman–Crippen MR) is 70.0 cm³/mol. The van der Waals surface area contributed by atoms with Crippen LogP contribution in [0.2, 0.25) is 5.02 Å². The maximum Gasteiger partial charge on any atom is 0.339 e. The van der Waals surface area contributed by atoms with Crippen LogP contribution >= 0.6 is 23.4 Å². The third kappa shape index (κ3) is 3.21. The van der Waals surface area contributed by atoms with Crippen LogP contribution in [0.4, 0.5) is 0 Å². The first kappa shape index (κ1) is 12.9. The number of carboxylic acids is 1.